The maximum atomic E-state index is 5.69. The zero-order chi connectivity index (χ0) is 18.8. The highest BCUT2D eigenvalue weighted by Gasteiger charge is 2.11. The van der Waals surface area contributed by atoms with Crippen LogP contribution in [0.15, 0.2) is 65.3 Å². The molecule has 28 heavy (non-hydrogen) atoms. The highest BCUT2D eigenvalue weighted by molar-refractivity contribution is 7.96. The molecule has 5 rings (SSSR count). The molecule has 10 heteroatoms. The molecule has 0 fully saturated rings. The van der Waals surface area contributed by atoms with E-state index in [1.54, 1.807) is 35.1 Å². The Morgan fingerprint density at radius 2 is 1.93 bits per heavy atom. The van der Waals surface area contributed by atoms with E-state index in [0.29, 0.717) is 0 Å². The average Bonchev–Trinajstić information content (AvgIpc) is 3.48. The van der Waals surface area contributed by atoms with Crippen molar-refractivity contribution in [3.05, 3.63) is 61.1 Å². The molecule has 0 atom stereocenters. The van der Waals surface area contributed by atoms with Crippen LogP contribution in [0, 0.1) is 0 Å². The standard InChI is InChI=1S/C18H11N5OS4/c1-2-4-12(11(3-1)18-21-13-7-8-19-9-15(13)26-18)22-24-28-17-6-5-14(25-17)16-10-20-23-27-16/h1-10,22H. The van der Waals surface area contributed by atoms with Gasteiger partial charge in [0, 0.05) is 22.8 Å². The van der Waals surface area contributed by atoms with E-state index in [1.807, 2.05) is 42.6 Å². The Bertz CT molecular complexity index is 1180. The molecule has 1 N–H and O–H groups in total. The molecular formula is C18H11N5OS4. The van der Waals surface area contributed by atoms with Crippen LogP contribution in [-0.4, -0.2) is 19.6 Å². The summed E-state index contributed by atoms with van der Waals surface area (Å²) in [6.07, 6.45) is 5.37. The van der Waals surface area contributed by atoms with Gasteiger partial charge in [-0.1, -0.05) is 16.6 Å². The smallest absolute Gasteiger partial charge is 0.126 e. The number of rotatable bonds is 6. The fourth-order valence-corrected chi connectivity index (χ4v) is 5.66. The predicted molar refractivity (Wildman–Crippen MR) is 117 cm³/mol. The van der Waals surface area contributed by atoms with Crippen molar-refractivity contribution in [2.24, 2.45) is 0 Å². The van der Waals surface area contributed by atoms with Gasteiger partial charge in [0.05, 0.1) is 43.2 Å². The number of nitrogens with one attached hydrogen (secondary N) is 1. The molecule has 0 radical (unpaired) electrons. The van der Waals surface area contributed by atoms with Gasteiger partial charge in [-0.05, 0) is 41.9 Å². The summed E-state index contributed by atoms with van der Waals surface area (Å²) in [6, 6.07) is 14.0. The molecule has 0 unspecified atom stereocenters. The topological polar surface area (TPSA) is 72.8 Å². The van der Waals surface area contributed by atoms with Gasteiger partial charge < -0.3 is 0 Å². The van der Waals surface area contributed by atoms with Crippen LogP contribution in [0.3, 0.4) is 0 Å². The van der Waals surface area contributed by atoms with Crippen LogP contribution in [0.4, 0.5) is 5.69 Å². The number of anilines is 1. The van der Waals surface area contributed by atoms with Gasteiger partial charge in [-0.3, -0.25) is 10.5 Å². The number of benzene rings is 1. The Morgan fingerprint density at radius 1 is 0.964 bits per heavy atom. The van der Waals surface area contributed by atoms with Crippen LogP contribution < -0.4 is 5.48 Å². The molecule has 0 saturated carbocycles. The highest BCUT2D eigenvalue weighted by Crippen LogP contribution is 2.37. The lowest BCUT2D eigenvalue weighted by Gasteiger charge is -2.08. The second-order valence-corrected chi connectivity index (χ2v) is 9.51. The molecule has 0 saturated heterocycles. The quantitative estimate of drug-likeness (QED) is 0.256. The van der Waals surface area contributed by atoms with E-state index >= 15 is 0 Å². The predicted octanol–water partition coefficient (Wildman–Crippen LogP) is 5.99. The Kier molecular flexibility index (Phi) is 5.02. The summed E-state index contributed by atoms with van der Waals surface area (Å²) < 4.78 is 11.7. The van der Waals surface area contributed by atoms with Gasteiger partial charge >= 0.3 is 0 Å². The fraction of sp³-hybridized carbons (Fsp3) is 0. The van der Waals surface area contributed by atoms with E-state index in [2.05, 4.69) is 26.1 Å². The SMILES string of the molecule is c1ccc(-c2nc3ccncc3s2)c(NOSc2ccc(-c3cnns3)s2)c1. The Hall–Kier alpha value is -2.37. The second kappa shape index (κ2) is 7.94. The highest BCUT2D eigenvalue weighted by atomic mass is 32.2. The summed E-state index contributed by atoms with van der Waals surface area (Å²) in [5.74, 6) is 0. The van der Waals surface area contributed by atoms with Crippen LogP contribution in [0.1, 0.15) is 0 Å². The summed E-state index contributed by atoms with van der Waals surface area (Å²) in [5.41, 5.74) is 5.85. The van der Waals surface area contributed by atoms with Crippen LogP contribution in [-0.2, 0) is 4.28 Å². The van der Waals surface area contributed by atoms with Crippen molar-refractivity contribution >= 4 is 62.2 Å². The molecule has 4 heterocycles. The summed E-state index contributed by atoms with van der Waals surface area (Å²) in [5, 5.41) is 4.81. The van der Waals surface area contributed by atoms with Crippen molar-refractivity contribution in [2.75, 3.05) is 5.48 Å². The van der Waals surface area contributed by atoms with Crippen molar-refractivity contribution in [1.29, 1.82) is 0 Å². The Morgan fingerprint density at radius 3 is 2.82 bits per heavy atom. The number of thiazole rings is 1. The van der Waals surface area contributed by atoms with Crippen molar-refractivity contribution in [3.63, 3.8) is 0 Å². The summed E-state index contributed by atoms with van der Waals surface area (Å²) in [6.45, 7) is 0. The molecule has 0 amide bonds. The van der Waals surface area contributed by atoms with Crippen molar-refractivity contribution in [2.45, 2.75) is 4.21 Å². The lowest BCUT2D eigenvalue weighted by atomic mass is 10.2. The van der Waals surface area contributed by atoms with E-state index in [0.717, 1.165) is 40.4 Å². The maximum Gasteiger partial charge on any atom is 0.126 e. The van der Waals surface area contributed by atoms with Gasteiger partial charge in [-0.15, -0.1) is 27.8 Å². The Labute approximate surface area is 176 Å². The zero-order valence-electron chi connectivity index (χ0n) is 14.1. The molecule has 6 nitrogen and oxygen atoms in total. The van der Waals surface area contributed by atoms with Crippen LogP contribution in [0.2, 0.25) is 0 Å². The third-order valence-electron chi connectivity index (χ3n) is 3.81. The van der Waals surface area contributed by atoms with Gasteiger partial charge in [0.1, 0.15) is 5.01 Å². The number of para-hydroxylation sites is 1. The molecule has 0 spiro atoms. The second-order valence-electron chi connectivity index (χ2n) is 5.58. The van der Waals surface area contributed by atoms with E-state index in [1.165, 1.54) is 23.6 Å². The van der Waals surface area contributed by atoms with E-state index in [-0.39, 0.29) is 0 Å². The lowest BCUT2D eigenvalue weighted by Crippen LogP contribution is -1.96. The van der Waals surface area contributed by atoms with Gasteiger partial charge in [0.25, 0.3) is 0 Å². The van der Waals surface area contributed by atoms with Crippen LogP contribution in [0.5, 0.6) is 0 Å². The molecule has 4 aromatic heterocycles. The fourth-order valence-electron chi connectivity index (χ4n) is 2.53. The molecule has 138 valence electrons. The van der Waals surface area contributed by atoms with Crippen molar-refractivity contribution in [3.8, 4) is 20.3 Å². The third-order valence-corrected chi connectivity index (χ3v) is 7.51. The number of fused-ring (bicyclic) bond motifs is 1. The monoisotopic (exact) mass is 441 g/mol. The van der Waals surface area contributed by atoms with Gasteiger partial charge in [0.15, 0.2) is 0 Å². The molecule has 1 aromatic carbocycles. The minimum absolute atomic E-state index is 0.866. The van der Waals surface area contributed by atoms with Crippen molar-refractivity contribution in [1.82, 2.24) is 19.6 Å². The number of nitrogens with zero attached hydrogens (tertiary/aromatic N) is 4. The van der Waals surface area contributed by atoms with Gasteiger partial charge in [-0.25, -0.2) is 4.98 Å². The maximum absolute atomic E-state index is 5.69. The number of aromatic nitrogens is 4. The average molecular weight is 442 g/mol. The molecule has 0 aliphatic heterocycles. The normalized spacial score (nSPS) is 11.1. The van der Waals surface area contributed by atoms with Crippen LogP contribution >= 0.6 is 46.2 Å². The molecule has 0 aliphatic rings. The van der Waals surface area contributed by atoms with Crippen LogP contribution in [0.25, 0.3) is 30.5 Å². The first-order valence-corrected chi connectivity index (χ1v) is 11.3. The van der Waals surface area contributed by atoms with E-state index < -0.39 is 0 Å². The number of hydrogen-bond donors (Lipinski definition) is 1. The first-order valence-electron chi connectivity index (χ1n) is 8.14. The van der Waals surface area contributed by atoms with Gasteiger partial charge in [-0.2, -0.15) is 4.28 Å². The minimum Gasteiger partial charge on any atom is -0.263 e. The number of thiophene rings is 1. The van der Waals surface area contributed by atoms with Gasteiger partial charge in [0.2, 0.25) is 0 Å². The zero-order valence-corrected chi connectivity index (χ0v) is 17.4. The largest absolute Gasteiger partial charge is 0.263 e. The van der Waals surface area contributed by atoms with Crippen molar-refractivity contribution < 1.29 is 4.28 Å². The van der Waals surface area contributed by atoms with E-state index in [4.69, 9.17) is 9.27 Å². The molecule has 0 bridgehead atoms. The minimum atomic E-state index is 0.866. The third kappa shape index (κ3) is 3.64. The number of hydrogen-bond acceptors (Lipinski definition) is 10. The lowest BCUT2D eigenvalue weighted by molar-refractivity contribution is 0.478. The molecule has 5 aromatic rings. The summed E-state index contributed by atoms with van der Waals surface area (Å²) in [7, 11) is 0. The Balaban J connectivity index is 1.31. The summed E-state index contributed by atoms with van der Waals surface area (Å²) in [4.78, 5) is 11.1. The summed E-state index contributed by atoms with van der Waals surface area (Å²) >= 11 is 5.92. The molecular weight excluding hydrogens is 431 g/mol. The number of pyridine rings is 1. The van der Waals surface area contributed by atoms with E-state index in [9.17, 15) is 0 Å². The first-order chi connectivity index (χ1) is 13.9. The first kappa shape index (κ1) is 17.7. The molecule has 0 aliphatic carbocycles.